The van der Waals surface area contributed by atoms with E-state index in [4.69, 9.17) is 16.3 Å². The number of halogens is 1. The van der Waals surface area contributed by atoms with Crippen LogP contribution in [0.15, 0.2) is 42.5 Å². The standard InChI is InChI=1S/C20H20ClN3O4/c1-12-19(26)24-16-11-15(8-9-17(16)28-12)23-18(25)3-2-10-22-20(27)13-4-6-14(21)7-5-13/h4-9,11-12H,2-3,10H2,1H3,(H,22,27)(H,23,25)(H,24,26). The maximum atomic E-state index is 12.1. The van der Waals surface area contributed by atoms with Gasteiger partial charge < -0.3 is 20.7 Å². The molecule has 1 heterocycles. The number of carbonyl (C=O) groups excluding carboxylic acids is 3. The van der Waals surface area contributed by atoms with Crippen molar-refractivity contribution >= 4 is 40.7 Å². The van der Waals surface area contributed by atoms with Gasteiger partial charge in [-0.05, 0) is 55.8 Å². The van der Waals surface area contributed by atoms with Gasteiger partial charge in [-0.25, -0.2) is 0 Å². The van der Waals surface area contributed by atoms with Gasteiger partial charge in [0.2, 0.25) is 5.91 Å². The number of fused-ring (bicyclic) bond motifs is 1. The Morgan fingerprint density at radius 3 is 2.68 bits per heavy atom. The van der Waals surface area contributed by atoms with Crippen LogP contribution in [0.4, 0.5) is 11.4 Å². The van der Waals surface area contributed by atoms with Gasteiger partial charge in [-0.2, -0.15) is 0 Å². The summed E-state index contributed by atoms with van der Waals surface area (Å²) in [5.41, 5.74) is 1.60. The number of hydrogen-bond acceptors (Lipinski definition) is 4. The summed E-state index contributed by atoms with van der Waals surface area (Å²) in [6.07, 6.45) is 0.196. The average molecular weight is 402 g/mol. The molecule has 2 aromatic carbocycles. The molecule has 3 rings (SSSR count). The molecule has 8 heteroatoms. The van der Waals surface area contributed by atoms with Crippen molar-refractivity contribution in [2.75, 3.05) is 17.2 Å². The van der Waals surface area contributed by atoms with E-state index in [1.165, 1.54) is 0 Å². The van der Waals surface area contributed by atoms with Crippen molar-refractivity contribution in [2.45, 2.75) is 25.9 Å². The first-order chi connectivity index (χ1) is 13.4. The summed E-state index contributed by atoms with van der Waals surface area (Å²) in [7, 11) is 0. The zero-order valence-corrected chi connectivity index (χ0v) is 16.0. The molecule has 28 heavy (non-hydrogen) atoms. The summed E-state index contributed by atoms with van der Waals surface area (Å²) in [6, 6.07) is 11.6. The highest BCUT2D eigenvalue weighted by Crippen LogP contribution is 2.32. The predicted octanol–water partition coefficient (Wildman–Crippen LogP) is 3.21. The largest absolute Gasteiger partial charge is 0.479 e. The van der Waals surface area contributed by atoms with Gasteiger partial charge in [0.05, 0.1) is 5.69 Å². The summed E-state index contributed by atoms with van der Waals surface area (Å²) >= 11 is 5.79. The average Bonchev–Trinajstić information content (AvgIpc) is 2.67. The molecule has 0 fully saturated rings. The fraction of sp³-hybridized carbons (Fsp3) is 0.250. The smallest absolute Gasteiger partial charge is 0.265 e. The van der Waals surface area contributed by atoms with Gasteiger partial charge in [0.1, 0.15) is 5.75 Å². The molecule has 1 aliphatic heterocycles. The van der Waals surface area contributed by atoms with E-state index in [0.717, 1.165) is 0 Å². The summed E-state index contributed by atoms with van der Waals surface area (Å²) < 4.78 is 5.48. The van der Waals surface area contributed by atoms with Crippen molar-refractivity contribution in [1.82, 2.24) is 5.32 Å². The second-order valence-electron chi connectivity index (χ2n) is 6.37. The van der Waals surface area contributed by atoms with Crippen LogP contribution in [0.3, 0.4) is 0 Å². The molecular weight excluding hydrogens is 382 g/mol. The summed E-state index contributed by atoms with van der Waals surface area (Å²) in [4.78, 5) is 35.7. The van der Waals surface area contributed by atoms with Gasteiger partial charge in [-0.3, -0.25) is 14.4 Å². The Hall–Kier alpha value is -3.06. The second-order valence-corrected chi connectivity index (χ2v) is 6.81. The zero-order valence-electron chi connectivity index (χ0n) is 15.3. The predicted molar refractivity (Wildman–Crippen MR) is 107 cm³/mol. The van der Waals surface area contributed by atoms with Crippen LogP contribution in [0.5, 0.6) is 5.75 Å². The summed E-state index contributed by atoms with van der Waals surface area (Å²) in [5, 5.41) is 8.83. The second kappa shape index (κ2) is 8.75. The number of anilines is 2. The SMILES string of the molecule is CC1Oc2ccc(NC(=O)CCCNC(=O)c3ccc(Cl)cc3)cc2NC1=O. The Morgan fingerprint density at radius 1 is 1.18 bits per heavy atom. The topological polar surface area (TPSA) is 96.5 Å². The monoisotopic (exact) mass is 401 g/mol. The van der Waals surface area contributed by atoms with Crippen molar-refractivity contribution < 1.29 is 19.1 Å². The van der Waals surface area contributed by atoms with Gasteiger partial charge in [-0.1, -0.05) is 11.6 Å². The van der Waals surface area contributed by atoms with Crippen LogP contribution in [0.2, 0.25) is 5.02 Å². The molecule has 0 aliphatic carbocycles. The number of ether oxygens (including phenoxy) is 1. The molecule has 0 spiro atoms. The fourth-order valence-electron chi connectivity index (χ4n) is 2.66. The van der Waals surface area contributed by atoms with Gasteiger partial charge in [-0.15, -0.1) is 0 Å². The number of amides is 3. The third-order valence-corrected chi connectivity index (χ3v) is 4.42. The Balaban J connectivity index is 1.43. The minimum absolute atomic E-state index is 0.183. The molecule has 3 amide bonds. The van der Waals surface area contributed by atoms with Crippen molar-refractivity contribution in [3.05, 3.63) is 53.1 Å². The molecule has 1 unspecified atom stereocenters. The molecule has 0 saturated carbocycles. The quantitative estimate of drug-likeness (QED) is 0.647. The number of benzene rings is 2. The normalized spacial score (nSPS) is 15.1. The lowest BCUT2D eigenvalue weighted by Crippen LogP contribution is -2.34. The first-order valence-corrected chi connectivity index (χ1v) is 9.25. The van der Waals surface area contributed by atoms with Crippen molar-refractivity contribution in [1.29, 1.82) is 0 Å². The molecule has 7 nitrogen and oxygen atoms in total. The molecule has 1 aliphatic rings. The first kappa shape index (κ1) is 19.7. The van der Waals surface area contributed by atoms with Crippen LogP contribution in [-0.2, 0) is 9.59 Å². The molecule has 0 aromatic heterocycles. The van der Waals surface area contributed by atoms with Crippen LogP contribution >= 0.6 is 11.6 Å². The summed E-state index contributed by atoms with van der Waals surface area (Å²) in [5.74, 6) is -0.0590. The Kier molecular flexibility index (Phi) is 6.16. The summed E-state index contributed by atoms with van der Waals surface area (Å²) in [6.45, 7) is 2.04. The maximum Gasteiger partial charge on any atom is 0.265 e. The van der Waals surface area contributed by atoms with Crippen LogP contribution < -0.4 is 20.7 Å². The number of nitrogens with one attached hydrogen (secondary N) is 3. The van der Waals surface area contributed by atoms with E-state index < -0.39 is 6.10 Å². The lowest BCUT2D eigenvalue weighted by atomic mass is 10.2. The molecule has 3 N–H and O–H groups in total. The highest BCUT2D eigenvalue weighted by Gasteiger charge is 2.23. The van der Waals surface area contributed by atoms with Gasteiger partial charge in [0.25, 0.3) is 11.8 Å². The zero-order chi connectivity index (χ0) is 20.1. The van der Waals surface area contributed by atoms with Gasteiger partial charge in [0.15, 0.2) is 6.10 Å². The van der Waals surface area contributed by atoms with Crippen LogP contribution in [0, 0.1) is 0 Å². The number of hydrogen-bond donors (Lipinski definition) is 3. The van der Waals surface area contributed by atoms with Gasteiger partial charge in [0, 0.05) is 29.2 Å². The van der Waals surface area contributed by atoms with Crippen molar-refractivity contribution in [3.8, 4) is 5.75 Å². The van der Waals surface area contributed by atoms with E-state index in [2.05, 4.69) is 16.0 Å². The lowest BCUT2D eigenvalue weighted by Gasteiger charge is -2.23. The molecule has 0 bridgehead atoms. The third-order valence-electron chi connectivity index (χ3n) is 4.17. The first-order valence-electron chi connectivity index (χ1n) is 8.87. The highest BCUT2D eigenvalue weighted by atomic mass is 35.5. The van der Waals surface area contributed by atoms with E-state index >= 15 is 0 Å². The van der Waals surface area contributed by atoms with E-state index in [1.807, 2.05) is 0 Å². The Labute approximate surface area is 167 Å². The Bertz CT molecular complexity index is 899. The fourth-order valence-corrected chi connectivity index (χ4v) is 2.79. The van der Waals surface area contributed by atoms with Crippen LogP contribution in [0.1, 0.15) is 30.1 Å². The minimum atomic E-state index is -0.545. The maximum absolute atomic E-state index is 12.1. The van der Waals surface area contributed by atoms with E-state index in [9.17, 15) is 14.4 Å². The third kappa shape index (κ3) is 5.01. The van der Waals surface area contributed by atoms with E-state index in [1.54, 1.807) is 49.4 Å². The Morgan fingerprint density at radius 2 is 1.93 bits per heavy atom. The molecule has 1 atom stereocenters. The van der Waals surface area contributed by atoms with Crippen molar-refractivity contribution in [3.63, 3.8) is 0 Å². The van der Waals surface area contributed by atoms with E-state index in [0.29, 0.717) is 40.7 Å². The highest BCUT2D eigenvalue weighted by molar-refractivity contribution is 6.30. The number of carbonyl (C=O) groups is 3. The molecule has 2 aromatic rings. The van der Waals surface area contributed by atoms with Crippen LogP contribution in [-0.4, -0.2) is 30.4 Å². The van der Waals surface area contributed by atoms with Crippen molar-refractivity contribution in [2.24, 2.45) is 0 Å². The van der Waals surface area contributed by atoms with Gasteiger partial charge >= 0.3 is 0 Å². The van der Waals surface area contributed by atoms with E-state index in [-0.39, 0.29) is 24.1 Å². The molecule has 146 valence electrons. The molecule has 0 saturated heterocycles. The van der Waals surface area contributed by atoms with Crippen LogP contribution in [0.25, 0.3) is 0 Å². The molecular formula is C20H20ClN3O4. The molecule has 0 radical (unpaired) electrons. The number of rotatable bonds is 6. The lowest BCUT2D eigenvalue weighted by molar-refractivity contribution is -0.122. The minimum Gasteiger partial charge on any atom is -0.479 e.